The molecule has 1 aliphatic rings. The molecule has 8 heteroatoms. The van der Waals surface area contributed by atoms with Gasteiger partial charge in [0.2, 0.25) is 11.8 Å². The molecule has 0 radical (unpaired) electrons. The first kappa shape index (κ1) is 24.3. The van der Waals surface area contributed by atoms with Gasteiger partial charge in [0.25, 0.3) is 0 Å². The number of carbonyl (C=O) groups is 3. The molecular formula is C27H26N2O5S. The quantitative estimate of drug-likeness (QED) is 0.465. The number of amides is 2. The van der Waals surface area contributed by atoms with Gasteiger partial charge in [-0.05, 0) is 48.9 Å². The zero-order chi connectivity index (χ0) is 24.8. The van der Waals surface area contributed by atoms with Gasteiger partial charge in [-0.1, -0.05) is 36.4 Å². The number of rotatable bonds is 7. The van der Waals surface area contributed by atoms with Gasteiger partial charge in [-0.3, -0.25) is 9.59 Å². The van der Waals surface area contributed by atoms with Crippen molar-refractivity contribution in [1.29, 1.82) is 0 Å². The number of thioether (sulfide) groups is 1. The van der Waals surface area contributed by atoms with Crippen LogP contribution in [0.1, 0.15) is 34.5 Å². The van der Waals surface area contributed by atoms with Crippen LogP contribution in [0.4, 0.5) is 11.4 Å². The van der Waals surface area contributed by atoms with Crippen LogP contribution in [0, 0.1) is 0 Å². The van der Waals surface area contributed by atoms with E-state index < -0.39 is 11.9 Å². The number of carbonyl (C=O) groups excluding carboxylic acids is 3. The lowest BCUT2D eigenvalue weighted by Crippen LogP contribution is -2.38. The number of nitrogens with one attached hydrogen (secondary N) is 1. The minimum Gasteiger partial charge on any atom is -0.497 e. The molecular weight excluding hydrogens is 464 g/mol. The minimum absolute atomic E-state index is 0.104. The fraction of sp³-hybridized carbons (Fsp3) is 0.222. The van der Waals surface area contributed by atoms with Gasteiger partial charge in [-0.15, -0.1) is 11.8 Å². The number of esters is 1. The third kappa shape index (κ3) is 5.66. The highest BCUT2D eigenvalue weighted by Crippen LogP contribution is 2.45. The number of anilines is 2. The van der Waals surface area contributed by atoms with E-state index in [1.54, 1.807) is 50.1 Å². The lowest BCUT2D eigenvalue weighted by atomic mass is 10.1. The van der Waals surface area contributed by atoms with Crippen LogP contribution in [0.2, 0.25) is 0 Å². The van der Waals surface area contributed by atoms with Crippen molar-refractivity contribution in [3.63, 3.8) is 0 Å². The SMILES string of the molecule is CCOC(=O)c1ccccc1NC(=O)CN1C(=O)C[C@H](c2ccc(OC)cc2)Sc2ccccc21. The first-order valence-corrected chi connectivity index (χ1v) is 12.1. The van der Waals surface area contributed by atoms with Gasteiger partial charge in [-0.25, -0.2) is 4.79 Å². The molecule has 0 spiro atoms. The number of hydrogen-bond donors (Lipinski definition) is 1. The molecule has 35 heavy (non-hydrogen) atoms. The summed E-state index contributed by atoms with van der Waals surface area (Å²) < 4.78 is 10.3. The second kappa shape index (κ2) is 11.1. The molecule has 0 unspecified atom stereocenters. The molecule has 0 aliphatic carbocycles. The summed E-state index contributed by atoms with van der Waals surface area (Å²) in [5.41, 5.74) is 2.30. The fourth-order valence-electron chi connectivity index (χ4n) is 3.87. The molecule has 0 saturated carbocycles. The Hall–Kier alpha value is -3.78. The summed E-state index contributed by atoms with van der Waals surface area (Å²) in [5.74, 6) is -0.325. The van der Waals surface area contributed by atoms with E-state index >= 15 is 0 Å². The molecule has 3 aromatic carbocycles. The largest absolute Gasteiger partial charge is 0.497 e. The second-order valence-electron chi connectivity index (χ2n) is 7.85. The number of nitrogens with zero attached hydrogens (tertiary/aromatic N) is 1. The average Bonchev–Trinajstić information content (AvgIpc) is 3.01. The monoisotopic (exact) mass is 490 g/mol. The second-order valence-corrected chi connectivity index (χ2v) is 9.09. The molecule has 0 aromatic heterocycles. The number of methoxy groups -OCH3 is 1. The van der Waals surface area contributed by atoms with Crippen molar-refractivity contribution in [2.75, 3.05) is 30.5 Å². The molecule has 1 aliphatic heterocycles. The Morgan fingerprint density at radius 3 is 2.49 bits per heavy atom. The van der Waals surface area contributed by atoms with Gasteiger partial charge >= 0.3 is 5.97 Å². The lowest BCUT2D eigenvalue weighted by molar-refractivity contribution is -0.121. The van der Waals surface area contributed by atoms with E-state index in [2.05, 4.69) is 5.32 Å². The molecule has 4 rings (SSSR count). The summed E-state index contributed by atoms with van der Waals surface area (Å²) in [6, 6.07) is 21.9. The molecule has 0 saturated heterocycles. The van der Waals surface area contributed by atoms with Crippen molar-refractivity contribution in [2.45, 2.75) is 23.5 Å². The summed E-state index contributed by atoms with van der Waals surface area (Å²) in [6.07, 6.45) is 0.234. The molecule has 2 amide bonds. The third-order valence-electron chi connectivity index (χ3n) is 5.57. The normalized spacial score (nSPS) is 15.1. The zero-order valence-electron chi connectivity index (χ0n) is 19.5. The highest BCUT2D eigenvalue weighted by atomic mass is 32.2. The topological polar surface area (TPSA) is 84.9 Å². The van der Waals surface area contributed by atoms with Crippen LogP contribution in [-0.2, 0) is 14.3 Å². The van der Waals surface area contributed by atoms with Crippen LogP contribution in [0.5, 0.6) is 5.75 Å². The van der Waals surface area contributed by atoms with Gasteiger partial charge < -0.3 is 19.7 Å². The predicted molar refractivity (Wildman–Crippen MR) is 136 cm³/mol. The smallest absolute Gasteiger partial charge is 0.340 e. The maximum atomic E-state index is 13.4. The standard InChI is InChI=1S/C27H26N2O5S/c1-3-34-27(32)20-8-4-5-9-21(20)28-25(30)17-29-22-10-6-7-11-23(22)35-24(16-26(29)31)18-12-14-19(33-2)15-13-18/h4-15,24H,3,16-17H2,1-2H3,(H,28,30)/t24-/m1/s1. The van der Waals surface area contributed by atoms with Crippen molar-refractivity contribution in [3.05, 3.63) is 83.9 Å². The van der Waals surface area contributed by atoms with Gasteiger partial charge in [0.15, 0.2) is 0 Å². The highest BCUT2D eigenvalue weighted by Gasteiger charge is 2.30. The Morgan fingerprint density at radius 2 is 1.74 bits per heavy atom. The van der Waals surface area contributed by atoms with Crippen LogP contribution >= 0.6 is 11.8 Å². The summed E-state index contributed by atoms with van der Waals surface area (Å²) >= 11 is 1.60. The van der Waals surface area contributed by atoms with E-state index in [9.17, 15) is 14.4 Å². The Kier molecular flexibility index (Phi) is 7.72. The van der Waals surface area contributed by atoms with Crippen LogP contribution in [0.3, 0.4) is 0 Å². The predicted octanol–water partition coefficient (Wildman–Crippen LogP) is 5.08. The lowest BCUT2D eigenvalue weighted by Gasteiger charge is -2.22. The molecule has 0 fully saturated rings. The Morgan fingerprint density at radius 1 is 1.03 bits per heavy atom. The summed E-state index contributed by atoms with van der Waals surface area (Å²) in [7, 11) is 1.61. The molecule has 1 atom stereocenters. The first-order chi connectivity index (χ1) is 17.0. The Balaban J connectivity index is 1.56. The third-order valence-corrected chi connectivity index (χ3v) is 6.89. The van der Waals surface area contributed by atoms with Crippen LogP contribution in [0.25, 0.3) is 0 Å². The Bertz CT molecular complexity index is 1230. The molecule has 1 N–H and O–H groups in total. The number of ether oxygens (including phenoxy) is 2. The Labute approximate surface area is 208 Å². The van der Waals surface area contributed by atoms with Crippen molar-refractivity contribution in [3.8, 4) is 5.75 Å². The summed E-state index contributed by atoms with van der Waals surface area (Å²) in [4.78, 5) is 41.1. The van der Waals surface area contributed by atoms with E-state index in [0.29, 0.717) is 11.4 Å². The van der Waals surface area contributed by atoms with Crippen molar-refractivity contribution in [2.24, 2.45) is 0 Å². The van der Waals surface area contributed by atoms with E-state index in [-0.39, 0.29) is 36.3 Å². The van der Waals surface area contributed by atoms with Gasteiger partial charge in [0, 0.05) is 16.6 Å². The van der Waals surface area contributed by atoms with Crippen molar-refractivity contribution < 1.29 is 23.9 Å². The van der Waals surface area contributed by atoms with Gasteiger partial charge in [-0.2, -0.15) is 0 Å². The first-order valence-electron chi connectivity index (χ1n) is 11.3. The molecule has 1 heterocycles. The van der Waals surface area contributed by atoms with Crippen molar-refractivity contribution >= 4 is 40.9 Å². The summed E-state index contributed by atoms with van der Waals surface area (Å²) in [5, 5.41) is 2.67. The number of fused-ring (bicyclic) bond motifs is 1. The average molecular weight is 491 g/mol. The molecule has 180 valence electrons. The van der Waals surface area contributed by atoms with Gasteiger partial charge in [0.1, 0.15) is 12.3 Å². The van der Waals surface area contributed by atoms with Crippen LogP contribution in [-0.4, -0.2) is 38.0 Å². The van der Waals surface area contributed by atoms with E-state index in [4.69, 9.17) is 9.47 Å². The highest BCUT2D eigenvalue weighted by molar-refractivity contribution is 7.99. The number of hydrogen-bond acceptors (Lipinski definition) is 6. The van der Waals surface area contributed by atoms with E-state index in [1.807, 2.05) is 48.5 Å². The maximum absolute atomic E-state index is 13.4. The van der Waals surface area contributed by atoms with Gasteiger partial charge in [0.05, 0.1) is 30.7 Å². The molecule has 7 nitrogen and oxygen atoms in total. The maximum Gasteiger partial charge on any atom is 0.340 e. The van der Waals surface area contributed by atoms with Crippen molar-refractivity contribution in [1.82, 2.24) is 0 Å². The molecule has 3 aromatic rings. The fourth-order valence-corrected chi connectivity index (χ4v) is 5.15. The van der Waals surface area contributed by atoms with E-state index in [1.165, 1.54) is 4.90 Å². The number of benzene rings is 3. The van der Waals surface area contributed by atoms with Crippen LogP contribution < -0.4 is 15.0 Å². The van der Waals surface area contributed by atoms with Crippen LogP contribution in [0.15, 0.2) is 77.7 Å². The molecule has 0 bridgehead atoms. The number of para-hydroxylation sites is 2. The minimum atomic E-state index is -0.515. The summed E-state index contributed by atoms with van der Waals surface area (Å²) in [6.45, 7) is 1.77. The zero-order valence-corrected chi connectivity index (χ0v) is 20.3. The van der Waals surface area contributed by atoms with E-state index in [0.717, 1.165) is 16.2 Å².